The van der Waals surface area contributed by atoms with E-state index in [2.05, 4.69) is 6.92 Å². The van der Waals surface area contributed by atoms with Crippen molar-refractivity contribution in [2.24, 2.45) is 5.92 Å². The fraction of sp³-hybridized carbons (Fsp3) is 0.632. The molecule has 1 amide bonds. The van der Waals surface area contributed by atoms with E-state index >= 15 is 0 Å². The van der Waals surface area contributed by atoms with Gasteiger partial charge in [-0.2, -0.15) is 4.31 Å². The van der Waals surface area contributed by atoms with Gasteiger partial charge in [-0.1, -0.05) is 18.5 Å². The summed E-state index contributed by atoms with van der Waals surface area (Å²) < 4.78 is 27.1. The first kappa shape index (κ1) is 19.6. The molecule has 0 atom stereocenters. The zero-order chi connectivity index (χ0) is 18.9. The second-order valence-electron chi connectivity index (χ2n) is 7.58. The van der Waals surface area contributed by atoms with E-state index in [4.69, 9.17) is 11.6 Å². The molecular weight excluding hydrogens is 372 g/mol. The van der Waals surface area contributed by atoms with Crippen molar-refractivity contribution >= 4 is 27.5 Å². The normalized spacial score (nSPS) is 24.6. The maximum atomic E-state index is 13.0. The lowest BCUT2D eigenvalue weighted by molar-refractivity contribution is 0.0679. The highest BCUT2D eigenvalue weighted by Gasteiger charge is 2.30. The summed E-state index contributed by atoms with van der Waals surface area (Å²) in [7, 11) is -1.77. The minimum atomic E-state index is -3.57. The van der Waals surface area contributed by atoms with Crippen LogP contribution in [0, 0.1) is 5.92 Å². The van der Waals surface area contributed by atoms with Crippen molar-refractivity contribution < 1.29 is 13.2 Å². The van der Waals surface area contributed by atoms with Gasteiger partial charge < -0.3 is 4.90 Å². The van der Waals surface area contributed by atoms with Gasteiger partial charge in [0.25, 0.3) is 5.91 Å². The van der Waals surface area contributed by atoms with Crippen LogP contribution in [0.25, 0.3) is 0 Å². The predicted molar refractivity (Wildman–Crippen MR) is 103 cm³/mol. The summed E-state index contributed by atoms with van der Waals surface area (Å²) in [6.07, 6.45) is 5.93. The molecule has 0 aromatic heterocycles. The van der Waals surface area contributed by atoms with Crippen molar-refractivity contribution in [2.75, 3.05) is 20.1 Å². The second kappa shape index (κ2) is 7.87. The monoisotopic (exact) mass is 398 g/mol. The second-order valence-corrected chi connectivity index (χ2v) is 9.93. The third kappa shape index (κ3) is 3.92. The maximum absolute atomic E-state index is 13.0. The Balaban J connectivity index is 1.84. The number of hydrogen-bond acceptors (Lipinski definition) is 3. The molecule has 1 saturated carbocycles. The number of carbonyl (C=O) groups is 1. The molecule has 1 aliphatic carbocycles. The molecule has 1 aromatic rings. The third-order valence-electron chi connectivity index (χ3n) is 5.72. The molecule has 1 aliphatic heterocycles. The average molecular weight is 399 g/mol. The standard InChI is InChI=1S/C19H27ClN2O3S/c1-14-5-7-15(8-6-14)21(2)19(23)17-13-16(9-10-18(17)20)26(24,25)22-11-3-4-12-22/h9-10,13-15H,3-8,11-12H2,1-2H3. The van der Waals surface area contributed by atoms with E-state index in [0.29, 0.717) is 24.0 Å². The van der Waals surface area contributed by atoms with Crippen molar-refractivity contribution in [2.45, 2.75) is 56.4 Å². The Kier molecular flexibility index (Phi) is 5.94. The highest BCUT2D eigenvalue weighted by Crippen LogP contribution is 2.30. The summed E-state index contributed by atoms with van der Waals surface area (Å²) in [4.78, 5) is 14.9. The van der Waals surface area contributed by atoms with Gasteiger partial charge in [0.15, 0.2) is 0 Å². The number of nitrogens with zero attached hydrogens (tertiary/aromatic N) is 2. The predicted octanol–water partition coefficient (Wildman–Crippen LogP) is 3.78. The zero-order valence-electron chi connectivity index (χ0n) is 15.4. The van der Waals surface area contributed by atoms with Crippen molar-refractivity contribution in [3.8, 4) is 0 Å². The summed E-state index contributed by atoms with van der Waals surface area (Å²) in [5, 5.41) is 0.298. The van der Waals surface area contributed by atoms with Gasteiger partial charge in [-0.15, -0.1) is 0 Å². The maximum Gasteiger partial charge on any atom is 0.255 e. The lowest BCUT2D eigenvalue weighted by Gasteiger charge is -2.33. The minimum absolute atomic E-state index is 0.151. The molecular formula is C19H27ClN2O3S. The van der Waals surface area contributed by atoms with Crippen LogP contribution in [0.3, 0.4) is 0 Å². The van der Waals surface area contributed by atoms with Crippen LogP contribution >= 0.6 is 11.6 Å². The highest BCUT2D eigenvalue weighted by molar-refractivity contribution is 7.89. The molecule has 144 valence electrons. The van der Waals surface area contributed by atoms with Gasteiger partial charge in [-0.25, -0.2) is 8.42 Å². The Morgan fingerprint density at radius 2 is 1.77 bits per heavy atom. The Morgan fingerprint density at radius 3 is 2.38 bits per heavy atom. The lowest BCUT2D eigenvalue weighted by atomic mass is 9.86. The van der Waals surface area contributed by atoms with Crippen LogP contribution < -0.4 is 0 Å². The average Bonchev–Trinajstić information content (AvgIpc) is 3.17. The van der Waals surface area contributed by atoms with Crippen LogP contribution in [0.4, 0.5) is 0 Å². The highest BCUT2D eigenvalue weighted by atomic mass is 35.5. The molecule has 2 fully saturated rings. The molecule has 7 heteroatoms. The molecule has 3 rings (SSSR count). The van der Waals surface area contributed by atoms with Crippen LogP contribution in [0.15, 0.2) is 23.1 Å². The van der Waals surface area contributed by atoms with Crippen molar-refractivity contribution in [3.05, 3.63) is 28.8 Å². The lowest BCUT2D eigenvalue weighted by Crippen LogP contribution is -2.39. The number of sulfonamides is 1. The Morgan fingerprint density at radius 1 is 1.15 bits per heavy atom. The Hall–Kier alpha value is -1.11. The molecule has 5 nitrogen and oxygen atoms in total. The van der Waals surface area contributed by atoms with E-state index in [1.165, 1.54) is 22.5 Å². The van der Waals surface area contributed by atoms with Crippen molar-refractivity contribution in [3.63, 3.8) is 0 Å². The van der Waals surface area contributed by atoms with Crippen LogP contribution in [-0.2, 0) is 10.0 Å². The smallest absolute Gasteiger partial charge is 0.255 e. The molecule has 0 unspecified atom stereocenters. The van der Waals surface area contributed by atoms with E-state index in [9.17, 15) is 13.2 Å². The topological polar surface area (TPSA) is 57.7 Å². The molecule has 2 aliphatic rings. The van der Waals surface area contributed by atoms with E-state index in [1.54, 1.807) is 11.9 Å². The number of halogens is 1. The summed E-state index contributed by atoms with van der Waals surface area (Å²) in [6.45, 7) is 3.31. The zero-order valence-corrected chi connectivity index (χ0v) is 17.0. The van der Waals surface area contributed by atoms with Gasteiger partial charge >= 0.3 is 0 Å². The molecule has 0 spiro atoms. The molecule has 0 radical (unpaired) electrons. The summed E-state index contributed by atoms with van der Waals surface area (Å²) in [5.41, 5.74) is 0.271. The number of rotatable bonds is 4. The Labute approximate surface area is 161 Å². The van der Waals surface area contributed by atoms with Gasteiger partial charge in [-0.05, 0) is 62.6 Å². The van der Waals surface area contributed by atoms with Gasteiger partial charge in [0.05, 0.1) is 15.5 Å². The Bertz CT molecular complexity index is 767. The van der Waals surface area contributed by atoms with Crippen LogP contribution in [0.1, 0.15) is 55.8 Å². The molecule has 0 N–H and O–H groups in total. The fourth-order valence-corrected chi connectivity index (χ4v) is 5.63. The van der Waals surface area contributed by atoms with Gasteiger partial charge in [0.1, 0.15) is 0 Å². The van der Waals surface area contributed by atoms with Gasteiger partial charge in [0, 0.05) is 26.2 Å². The van der Waals surface area contributed by atoms with Crippen LogP contribution in [0.5, 0.6) is 0 Å². The van der Waals surface area contributed by atoms with Crippen LogP contribution in [0.2, 0.25) is 5.02 Å². The number of hydrogen-bond donors (Lipinski definition) is 0. The largest absolute Gasteiger partial charge is 0.339 e. The molecule has 1 saturated heterocycles. The van der Waals surface area contributed by atoms with Crippen molar-refractivity contribution in [1.29, 1.82) is 0 Å². The van der Waals surface area contributed by atoms with E-state index in [1.807, 2.05) is 0 Å². The summed E-state index contributed by atoms with van der Waals surface area (Å²) in [6, 6.07) is 4.65. The number of amides is 1. The van der Waals surface area contributed by atoms with Crippen LogP contribution in [-0.4, -0.2) is 49.7 Å². The summed E-state index contributed by atoms with van der Waals surface area (Å²) >= 11 is 6.25. The van der Waals surface area contributed by atoms with E-state index in [0.717, 1.165) is 38.5 Å². The van der Waals surface area contributed by atoms with Gasteiger partial charge in [0.2, 0.25) is 10.0 Å². The van der Waals surface area contributed by atoms with E-state index < -0.39 is 10.0 Å². The van der Waals surface area contributed by atoms with E-state index in [-0.39, 0.29) is 22.4 Å². The number of carbonyl (C=O) groups excluding carboxylic acids is 1. The molecule has 26 heavy (non-hydrogen) atoms. The first-order valence-electron chi connectivity index (χ1n) is 9.37. The number of benzene rings is 1. The fourth-order valence-electron chi connectivity index (χ4n) is 3.89. The SMILES string of the molecule is CC1CCC(N(C)C(=O)c2cc(S(=O)(=O)N3CCCC3)ccc2Cl)CC1. The molecule has 1 heterocycles. The van der Waals surface area contributed by atoms with Gasteiger partial charge in [-0.3, -0.25) is 4.79 Å². The first-order valence-corrected chi connectivity index (χ1v) is 11.2. The molecule has 0 bridgehead atoms. The van der Waals surface area contributed by atoms with Crippen molar-refractivity contribution in [1.82, 2.24) is 9.21 Å². The minimum Gasteiger partial charge on any atom is -0.339 e. The molecule has 1 aromatic carbocycles. The summed E-state index contributed by atoms with van der Waals surface area (Å²) in [5.74, 6) is 0.500. The third-order valence-corrected chi connectivity index (χ3v) is 7.95. The quantitative estimate of drug-likeness (QED) is 0.775. The first-order chi connectivity index (χ1) is 12.3.